The van der Waals surface area contributed by atoms with Crippen molar-refractivity contribution in [2.45, 2.75) is 19.1 Å². The van der Waals surface area contributed by atoms with Gasteiger partial charge in [0.2, 0.25) is 0 Å². The minimum Gasteiger partial charge on any atom is -0.481 e. The average molecular weight is 304 g/mol. The van der Waals surface area contributed by atoms with Crippen LogP contribution in [0.3, 0.4) is 0 Å². The normalized spacial score (nSPS) is 22.3. The summed E-state index contributed by atoms with van der Waals surface area (Å²) in [6.45, 7) is 2.28. The van der Waals surface area contributed by atoms with E-state index in [-0.39, 0.29) is 19.0 Å². The Kier molecular flexibility index (Phi) is 4.36. The van der Waals surface area contributed by atoms with Crippen molar-refractivity contribution in [2.24, 2.45) is 5.92 Å². The third-order valence-electron chi connectivity index (χ3n) is 3.48. The van der Waals surface area contributed by atoms with Gasteiger partial charge in [-0.2, -0.15) is 13.2 Å². The van der Waals surface area contributed by atoms with Crippen LogP contribution in [0.2, 0.25) is 0 Å². The van der Waals surface area contributed by atoms with E-state index in [0.717, 1.165) is 18.3 Å². The SMILES string of the molecule is CCN(c1cc(C(F)(F)F)ccn1)C1COCC1C(=O)O. The van der Waals surface area contributed by atoms with Gasteiger partial charge in [0.25, 0.3) is 0 Å². The standard InChI is InChI=1S/C13H15F3N2O3/c1-2-18(10-7-21-6-9(10)12(19)20)11-5-8(3-4-17-11)13(14,15)16/h3-5,9-10H,2,6-7H2,1H3,(H,19,20). The lowest BCUT2D eigenvalue weighted by Gasteiger charge is -2.30. The molecule has 2 rings (SSSR count). The number of alkyl halides is 3. The molecule has 1 aliphatic rings. The molecule has 8 heteroatoms. The molecule has 2 heterocycles. The van der Waals surface area contributed by atoms with E-state index in [2.05, 4.69) is 4.98 Å². The van der Waals surface area contributed by atoms with Crippen LogP contribution in [0.5, 0.6) is 0 Å². The summed E-state index contributed by atoms with van der Waals surface area (Å²) in [4.78, 5) is 16.7. The molecule has 0 saturated carbocycles. The highest BCUT2D eigenvalue weighted by Crippen LogP contribution is 2.32. The molecule has 21 heavy (non-hydrogen) atoms. The van der Waals surface area contributed by atoms with Crippen molar-refractivity contribution in [1.29, 1.82) is 0 Å². The van der Waals surface area contributed by atoms with Crippen LogP contribution in [-0.2, 0) is 15.7 Å². The van der Waals surface area contributed by atoms with Gasteiger partial charge in [-0.1, -0.05) is 0 Å². The van der Waals surface area contributed by atoms with Crippen LogP contribution in [0.25, 0.3) is 0 Å². The number of pyridine rings is 1. The molecular formula is C13H15F3N2O3. The summed E-state index contributed by atoms with van der Waals surface area (Å²) in [5.41, 5.74) is -0.809. The van der Waals surface area contributed by atoms with E-state index < -0.39 is 29.7 Å². The van der Waals surface area contributed by atoms with Gasteiger partial charge in [-0.15, -0.1) is 0 Å². The monoisotopic (exact) mass is 304 g/mol. The Balaban J connectivity index is 2.31. The Bertz CT molecular complexity index is 522. The maximum atomic E-state index is 12.8. The first-order valence-electron chi connectivity index (χ1n) is 6.45. The Morgan fingerprint density at radius 2 is 2.24 bits per heavy atom. The second-order valence-electron chi connectivity index (χ2n) is 4.74. The van der Waals surface area contributed by atoms with Gasteiger partial charge in [0, 0.05) is 12.7 Å². The molecule has 5 nitrogen and oxygen atoms in total. The predicted octanol–water partition coefficient (Wildman–Crippen LogP) is 2.03. The number of nitrogens with zero attached hydrogens (tertiary/aromatic N) is 2. The molecule has 116 valence electrons. The molecule has 1 N–H and O–H groups in total. The quantitative estimate of drug-likeness (QED) is 0.922. The summed E-state index contributed by atoms with van der Waals surface area (Å²) in [7, 11) is 0. The minimum absolute atomic E-state index is 0.0511. The van der Waals surface area contributed by atoms with Crippen molar-refractivity contribution in [1.82, 2.24) is 4.98 Å². The average Bonchev–Trinajstić information content (AvgIpc) is 2.88. The number of rotatable bonds is 4. The highest BCUT2D eigenvalue weighted by Gasteiger charge is 2.39. The molecule has 1 fully saturated rings. The zero-order valence-corrected chi connectivity index (χ0v) is 11.3. The van der Waals surface area contributed by atoms with Crippen molar-refractivity contribution >= 4 is 11.8 Å². The second kappa shape index (κ2) is 5.88. The number of aliphatic carboxylic acids is 1. The topological polar surface area (TPSA) is 62.7 Å². The largest absolute Gasteiger partial charge is 0.481 e. The van der Waals surface area contributed by atoms with E-state index >= 15 is 0 Å². The first-order valence-corrected chi connectivity index (χ1v) is 6.45. The van der Waals surface area contributed by atoms with Crippen LogP contribution in [-0.4, -0.2) is 41.9 Å². The van der Waals surface area contributed by atoms with Gasteiger partial charge in [-0.25, -0.2) is 4.98 Å². The molecule has 1 aromatic rings. The molecular weight excluding hydrogens is 289 g/mol. The smallest absolute Gasteiger partial charge is 0.416 e. The van der Waals surface area contributed by atoms with Gasteiger partial charge in [0.15, 0.2) is 0 Å². The van der Waals surface area contributed by atoms with Crippen LogP contribution >= 0.6 is 0 Å². The van der Waals surface area contributed by atoms with Gasteiger partial charge < -0.3 is 14.7 Å². The molecule has 2 unspecified atom stereocenters. The fourth-order valence-corrected chi connectivity index (χ4v) is 2.40. The molecule has 2 atom stereocenters. The van der Waals surface area contributed by atoms with Gasteiger partial charge in [0.05, 0.1) is 24.8 Å². The lowest BCUT2D eigenvalue weighted by Crippen LogP contribution is -2.43. The number of ether oxygens (including phenoxy) is 1. The van der Waals surface area contributed by atoms with Crippen molar-refractivity contribution in [3.05, 3.63) is 23.9 Å². The maximum absolute atomic E-state index is 12.8. The van der Waals surface area contributed by atoms with Gasteiger partial charge in [0.1, 0.15) is 11.7 Å². The third-order valence-corrected chi connectivity index (χ3v) is 3.48. The molecule has 0 spiro atoms. The third kappa shape index (κ3) is 3.26. The summed E-state index contributed by atoms with van der Waals surface area (Å²) in [5, 5.41) is 9.15. The lowest BCUT2D eigenvalue weighted by atomic mass is 10.0. The van der Waals surface area contributed by atoms with Gasteiger partial charge in [-0.05, 0) is 19.1 Å². The van der Waals surface area contributed by atoms with Gasteiger partial charge >= 0.3 is 12.1 Å². The number of aromatic nitrogens is 1. The van der Waals surface area contributed by atoms with Crippen LogP contribution in [0.1, 0.15) is 12.5 Å². The number of carbonyl (C=O) groups is 1. The van der Waals surface area contributed by atoms with Crippen LogP contribution in [0, 0.1) is 5.92 Å². The zero-order chi connectivity index (χ0) is 15.6. The molecule has 0 aromatic carbocycles. The van der Waals surface area contributed by atoms with E-state index in [1.807, 2.05) is 0 Å². The highest BCUT2D eigenvalue weighted by molar-refractivity contribution is 5.72. The van der Waals surface area contributed by atoms with E-state index in [1.165, 1.54) is 0 Å². The highest BCUT2D eigenvalue weighted by atomic mass is 19.4. The number of likely N-dealkylation sites (N-methyl/N-ethyl adjacent to an activating group) is 1. The molecule has 0 radical (unpaired) electrons. The maximum Gasteiger partial charge on any atom is 0.416 e. The number of halogens is 3. The minimum atomic E-state index is -4.46. The van der Waals surface area contributed by atoms with E-state index in [9.17, 15) is 18.0 Å². The zero-order valence-electron chi connectivity index (χ0n) is 11.3. The Labute approximate surface area is 119 Å². The first kappa shape index (κ1) is 15.6. The lowest BCUT2D eigenvalue weighted by molar-refractivity contribution is -0.142. The summed E-state index contributed by atoms with van der Waals surface area (Å²) in [5.74, 6) is -1.70. The molecule has 0 bridgehead atoms. The Hall–Kier alpha value is -1.83. The fourth-order valence-electron chi connectivity index (χ4n) is 2.40. The summed E-state index contributed by atoms with van der Waals surface area (Å²) in [6, 6.07) is 1.29. The number of anilines is 1. The Morgan fingerprint density at radius 3 is 2.81 bits per heavy atom. The van der Waals surface area contributed by atoms with Crippen LogP contribution in [0.4, 0.5) is 19.0 Å². The second-order valence-corrected chi connectivity index (χ2v) is 4.74. The molecule has 1 aromatic heterocycles. The van der Waals surface area contributed by atoms with E-state index in [1.54, 1.807) is 11.8 Å². The van der Waals surface area contributed by atoms with Crippen molar-refractivity contribution in [3.8, 4) is 0 Å². The van der Waals surface area contributed by atoms with E-state index in [0.29, 0.717) is 6.54 Å². The van der Waals surface area contributed by atoms with Gasteiger partial charge in [-0.3, -0.25) is 4.79 Å². The van der Waals surface area contributed by atoms with Crippen LogP contribution in [0.15, 0.2) is 18.3 Å². The van der Waals surface area contributed by atoms with Crippen LogP contribution < -0.4 is 4.90 Å². The van der Waals surface area contributed by atoms with Crippen molar-refractivity contribution in [2.75, 3.05) is 24.7 Å². The summed E-state index contributed by atoms with van der Waals surface area (Å²) < 4.78 is 43.4. The first-order chi connectivity index (χ1) is 9.84. The number of carboxylic acid groups (broad SMARTS) is 1. The van der Waals surface area contributed by atoms with Crippen molar-refractivity contribution in [3.63, 3.8) is 0 Å². The molecule has 1 aliphatic heterocycles. The number of hydrogen-bond donors (Lipinski definition) is 1. The molecule has 0 aliphatic carbocycles. The fraction of sp³-hybridized carbons (Fsp3) is 0.538. The van der Waals surface area contributed by atoms with Crippen molar-refractivity contribution < 1.29 is 27.8 Å². The van der Waals surface area contributed by atoms with E-state index in [4.69, 9.17) is 9.84 Å². The molecule has 0 amide bonds. The number of hydrogen-bond acceptors (Lipinski definition) is 4. The summed E-state index contributed by atoms with van der Waals surface area (Å²) >= 11 is 0. The number of carboxylic acids is 1. The predicted molar refractivity (Wildman–Crippen MR) is 68.0 cm³/mol. The summed E-state index contributed by atoms with van der Waals surface area (Å²) in [6.07, 6.45) is -3.39. The molecule has 1 saturated heterocycles. The Morgan fingerprint density at radius 1 is 1.52 bits per heavy atom.